The maximum atomic E-state index is 12.9. The zero-order chi connectivity index (χ0) is 12.8. The largest absolute Gasteiger partial charge is 0.425 e. The molecule has 0 aromatic rings. The third-order valence-electron chi connectivity index (χ3n) is 0.897. The summed E-state index contributed by atoms with van der Waals surface area (Å²) in [5.74, 6) is 0. The zero-order valence-electron chi connectivity index (χ0n) is 6.80. The highest BCUT2D eigenvalue weighted by atomic mass is 31.3. The molecule has 0 bridgehead atoms. The lowest BCUT2D eigenvalue weighted by Crippen LogP contribution is -1.83. The molecule has 1 heterocycles. The van der Waals surface area contributed by atoms with Gasteiger partial charge >= 0.3 is 31.1 Å². The third-order valence-corrected chi connectivity index (χ3v) is 8.07. The SMILES string of the molecule is NP1(F)=NP(F)(F)=NP(F)(F)=NP(F)(F)=N1. The van der Waals surface area contributed by atoms with Crippen molar-refractivity contribution in [1.82, 2.24) is 0 Å². The van der Waals surface area contributed by atoms with E-state index in [2.05, 4.69) is 5.50 Å². The van der Waals surface area contributed by atoms with E-state index in [1.165, 1.54) is 9.03 Å². The number of nitrogens with two attached hydrogens (primary N) is 1. The Balaban J connectivity index is 3.67. The Kier molecular flexibility index (Phi) is 3.57. The second-order valence-electron chi connectivity index (χ2n) is 2.29. The van der Waals surface area contributed by atoms with E-state index in [0.29, 0.717) is 0 Å². The molecule has 0 radical (unpaired) electrons. The first-order valence-corrected chi connectivity index (χ1v) is 9.12. The predicted octanol–water partition coefficient (Wildman–Crippen LogP) is 6.53. The molecule has 1 aliphatic heterocycles. The number of nitrogens with zero attached hydrogens (tertiary/aromatic N) is 4. The molecule has 0 aliphatic carbocycles. The summed E-state index contributed by atoms with van der Waals surface area (Å²) in [6, 6.07) is 0. The molecule has 0 aromatic heterocycles. The number of rotatable bonds is 0. The van der Waals surface area contributed by atoms with E-state index in [4.69, 9.17) is 0 Å². The minimum absolute atomic E-state index is 1.51. The van der Waals surface area contributed by atoms with Crippen molar-refractivity contribution in [1.29, 1.82) is 0 Å². The molecule has 1 aliphatic rings. The molecule has 2 N–H and O–H groups in total. The van der Waals surface area contributed by atoms with Crippen LogP contribution in [0.4, 0.5) is 29.4 Å². The lowest BCUT2D eigenvalue weighted by molar-refractivity contribution is 0.691. The van der Waals surface area contributed by atoms with Gasteiger partial charge in [-0.1, -0.05) is 0 Å². The summed E-state index contributed by atoms with van der Waals surface area (Å²) in [5.41, 5.74) is 4.34. The summed E-state index contributed by atoms with van der Waals surface area (Å²) >= 11 is 0. The van der Waals surface area contributed by atoms with Crippen LogP contribution in [0, 0.1) is 0 Å². The first-order chi connectivity index (χ1) is 6.83. The van der Waals surface area contributed by atoms with Crippen molar-refractivity contribution in [3.8, 4) is 0 Å². The highest BCUT2D eigenvalue weighted by molar-refractivity contribution is 7.78. The van der Waals surface area contributed by atoms with Crippen molar-refractivity contribution in [3.05, 3.63) is 0 Å². The van der Waals surface area contributed by atoms with Gasteiger partial charge in [-0.2, -0.15) is 4.20 Å². The van der Waals surface area contributed by atoms with Crippen LogP contribution in [0.1, 0.15) is 0 Å². The number of hydrogen-bond donors (Lipinski definition) is 1. The fourth-order valence-electron chi connectivity index (χ4n) is 0.632. The lowest BCUT2D eigenvalue weighted by atomic mass is 13.8. The Morgan fingerprint density at radius 3 is 1.31 bits per heavy atom. The third kappa shape index (κ3) is 4.34. The van der Waals surface area contributed by atoms with Crippen LogP contribution < -0.4 is 5.50 Å². The topological polar surface area (TPSA) is 75.5 Å². The van der Waals surface area contributed by atoms with Crippen molar-refractivity contribution in [2.24, 2.45) is 23.6 Å². The van der Waals surface area contributed by atoms with E-state index < -0.39 is 31.1 Å². The molecule has 1 unspecified atom stereocenters. The van der Waals surface area contributed by atoms with E-state index >= 15 is 0 Å². The van der Waals surface area contributed by atoms with Crippen molar-refractivity contribution in [2.45, 2.75) is 0 Å². The van der Waals surface area contributed by atoms with E-state index in [1.807, 2.05) is 0 Å². The molecule has 5 nitrogen and oxygen atoms in total. The average Bonchev–Trinajstić information content (AvgIpc) is 1.67. The summed E-state index contributed by atoms with van der Waals surface area (Å²) in [5, 5.41) is 0. The highest BCUT2D eigenvalue weighted by Gasteiger charge is 2.37. The summed E-state index contributed by atoms with van der Waals surface area (Å²) in [4.78, 5) is 0. The van der Waals surface area contributed by atoms with Gasteiger partial charge in [0.05, 0.1) is 0 Å². The van der Waals surface area contributed by atoms with Crippen LogP contribution in [0.3, 0.4) is 0 Å². The van der Waals surface area contributed by atoms with Gasteiger partial charge in [-0.25, -0.2) is 0 Å². The summed E-state index contributed by atoms with van der Waals surface area (Å²) in [6.45, 7) is 0. The van der Waals surface area contributed by atoms with E-state index in [9.17, 15) is 29.4 Å². The lowest BCUT2D eigenvalue weighted by Gasteiger charge is -2.11. The van der Waals surface area contributed by atoms with Crippen LogP contribution >= 0.6 is 31.1 Å². The van der Waals surface area contributed by atoms with Gasteiger partial charge in [-0.3, -0.25) is 5.50 Å². The van der Waals surface area contributed by atoms with Crippen molar-refractivity contribution in [3.63, 3.8) is 0 Å². The predicted molar refractivity (Wildman–Crippen MR) is 49.3 cm³/mol. The molecule has 0 amide bonds. The Bertz CT molecular complexity index is 387. The normalized spacial score (nSPS) is 35.5. The van der Waals surface area contributed by atoms with Crippen LogP contribution in [0.15, 0.2) is 18.1 Å². The first-order valence-electron chi connectivity index (χ1n) is 3.04. The fraction of sp³-hybridized carbons (Fsp3) is 0. The Hall–Kier alpha value is 0.390. The maximum absolute atomic E-state index is 12.9. The number of halogens is 7. The molecule has 0 saturated carbocycles. The standard InChI is InChI=1S/F7H2N5P4/c1-13(2)9-14(3,4)11-16(7,8)12-15(5,6)10-13/h8H2. The quantitative estimate of drug-likeness (QED) is 0.398. The van der Waals surface area contributed by atoms with Crippen molar-refractivity contribution < 1.29 is 29.4 Å². The molecular formula is H2F7N5P4. The molecular weight excluding hydrogens is 327 g/mol. The minimum Gasteiger partial charge on any atom is -0.253 e. The number of hydrogen-bond acceptors (Lipinski definition) is 5. The summed E-state index contributed by atoms with van der Waals surface area (Å²) in [6.07, 6.45) is 0. The summed E-state index contributed by atoms with van der Waals surface area (Å²) in [7, 11) is -23.8. The molecule has 0 spiro atoms. The second-order valence-corrected chi connectivity index (χ2v) is 9.03. The Labute approximate surface area is 85.0 Å². The van der Waals surface area contributed by atoms with Crippen molar-refractivity contribution in [2.75, 3.05) is 0 Å². The van der Waals surface area contributed by atoms with Crippen LogP contribution in [-0.2, 0) is 0 Å². The zero-order valence-corrected chi connectivity index (χ0v) is 10.4. The monoisotopic (exact) mass is 329 g/mol. The van der Waals surface area contributed by atoms with Gasteiger partial charge in [-0.15, -0.1) is 43.2 Å². The smallest absolute Gasteiger partial charge is 0.253 e. The molecule has 1 atom stereocenters. The van der Waals surface area contributed by atoms with Gasteiger partial charge in [0.15, 0.2) is 0 Å². The van der Waals surface area contributed by atoms with Crippen LogP contribution in [0.2, 0.25) is 0 Å². The molecule has 0 saturated heterocycles. The Morgan fingerprint density at radius 1 is 0.562 bits per heavy atom. The van der Waals surface area contributed by atoms with Gasteiger partial charge in [0.1, 0.15) is 0 Å². The summed E-state index contributed by atoms with van der Waals surface area (Å²) < 4.78 is 94.7. The first kappa shape index (κ1) is 14.5. The van der Waals surface area contributed by atoms with E-state index in [-0.39, 0.29) is 0 Å². The fourth-order valence-corrected chi connectivity index (χ4v) is 6.98. The molecule has 16 heavy (non-hydrogen) atoms. The maximum Gasteiger partial charge on any atom is 0.425 e. The van der Waals surface area contributed by atoms with E-state index in [1.54, 1.807) is 9.03 Å². The van der Waals surface area contributed by atoms with Crippen LogP contribution in [-0.4, -0.2) is 0 Å². The van der Waals surface area contributed by atoms with Gasteiger partial charge in [0, 0.05) is 0 Å². The molecule has 0 aromatic carbocycles. The van der Waals surface area contributed by atoms with E-state index in [0.717, 1.165) is 0 Å². The van der Waals surface area contributed by atoms with Crippen LogP contribution in [0.25, 0.3) is 0 Å². The van der Waals surface area contributed by atoms with Gasteiger partial charge < -0.3 is 0 Å². The van der Waals surface area contributed by atoms with Crippen molar-refractivity contribution >= 4 is 31.1 Å². The molecule has 96 valence electrons. The highest BCUT2D eigenvalue weighted by Crippen LogP contribution is 2.80. The Morgan fingerprint density at radius 2 is 0.875 bits per heavy atom. The average molecular weight is 329 g/mol. The second kappa shape index (κ2) is 3.95. The molecule has 0 fully saturated rings. The van der Waals surface area contributed by atoms with Crippen LogP contribution in [0.5, 0.6) is 0 Å². The molecule has 16 heteroatoms. The van der Waals surface area contributed by atoms with Gasteiger partial charge in [0.25, 0.3) is 0 Å². The minimum atomic E-state index is -6.25. The molecule has 1 rings (SSSR count). The van der Waals surface area contributed by atoms with Gasteiger partial charge in [-0.05, 0) is 0 Å². The van der Waals surface area contributed by atoms with Gasteiger partial charge in [0.2, 0.25) is 0 Å².